The normalized spacial score (nSPS) is 15.5. The van der Waals surface area contributed by atoms with Gasteiger partial charge in [-0.15, -0.1) is 0 Å². The fourth-order valence-electron chi connectivity index (χ4n) is 4.74. The molecule has 5 amide bonds. The van der Waals surface area contributed by atoms with Gasteiger partial charge in [-0.2, -0.15) is 0 Å². The molecule has 1 unspecified atom stereocenters. The Kier molecular flexibility index (Phi) is 20.3. The first kappa shape index (κ1) is 41.4. The van der Waals surface area contributed by atoms with Gasteiger partial charge in [0.1, 0.15) is 6.04 Å². The fraction of sp³-hybridized carbons (Fsp3) is 0.656. The second-order valence-electron chi connectivity index (χ2n) is 10.8. The number of hydrogen-bond acceptors (Lipinski definition) is 14. The molecule has 1 fully saturated rings. The number of imide groups is 2. The molecule has 0 bridgehead atoms. The molecule has 1 atom stereocenters. The summed E-state index contributed by atoms with van der Waals surface area (Å²) >= 11 is 0. The maximum atomic E-state index is 12.9. The number of carbonyl (C=O) groups is 5. The minimum absolute atomic E-state index is 0.0230. The first-order chi connectivity index (χ1) is 24.9. The number of azide groups is 1. The van der Waals surface area contributed by atoms with E-state index in [1.165, 1.54) is 18.2 Å². The summed E-state index contributed by atoms with van der Waals surface area (Å²) in [4.78, 5) is 65.5. The predicted molar refractivity (Wildman–Crippen MR) is 176 cm³/mol. The van der Waals surface area contributed by atoms with Crippen LogP contribution in [0.4, 0.5) is 0 Å². The number of fused-ring (bicyclic) bond motifs is 1. The lowest BCUT2D eigenvalue weighted by molar-refractivity contribution is -0.136. The number of benzene rings is 1. The van der Waals surface area contributed by atoms with E-state index >= 15 is 0 Å². The van der Waals surface area contributed by atoms with Crippen molar-refractivity contribution in [1.82, 2.24) is 15.5 Å². The van der Waals surface area contributed by atoms with E-state index < -0.39 is 35.6 Å². The van der Waals surface area contributed by atoms with Crippen LogP contribution in [0.25, 0.3) is 10.4 Å². The van der Waals surface area contributed by atoms with Crippen LogP contribution in [-0.4, -0.2) is 159 Å². The Labute approximate surface area is 295 Å². The summed E-state index contributed by atoms with van der Waals surface area (Å²) in [5.41, 5.74) is 8.46. The van der Waals surface area contributed by atoms with Crippen molar-refractivity contribution in [1.29, 1.82) is 0 Å². The molecule has 2 heterocycles. The van der Waals surface area contributed by atoms with Crippen LogP contribution in [0.2, 0.25) is 0 Å². The van der Waals surface area contributed by atoms with Crippen molar-refractivity contribution < 1.29 is 61.9 Å². The summed E-state index contributed by atoms with van der Waals surface area (Å²) < 4.78 is 43.2. The summed E-state index contributed by atoms with van der Waals surface area (Å²) in [7, 11) is 0. The first-order valence-corrected chi connectivity index (χ1v) is 16.7. The van der Waals surface area contributed by atoms with Gasteiger partial charge < -0.3 is 43.2 Å². The third-order valence-corrected chi connectivity index (χ3v) is 7.24. The van der Waals surface area contributed by atoms with Crippen LogP contribution in [0.5, 0.6) is 0 Å². The third kappa shape index (κ3) is 15.4. The quantitative estimate of drug-likeness (QED) is 0.0372. The Bertz CT molecular complexity index is 1330. The van der Waals surface area contributed by atoms with Gasteiger partial charge >= 0.3 is 0 Å². The van der Waals surface area contributed by atoms with E-state index in [0.29, 0.717) is 106 Å². The van der Waals surface area contributed by atoms with Crippen LogP contribution >= 0.6 is 0 Å². The zero-order valence-corrected chi connectivity index (χ0v) is 28.5. The highest BCUT2D eigenvalue weighted by atomic mass is 16.6. The number of piperidine rings is 1. The minimum Gasteiger partial charge on any atom is -0.379 e. The van der Waals surface area contributed by atoms with E-state index in [2.05, 4.69) is 20.7 Å². The van der Waals surface area contributed by atoms with Crippen LogP contribution in [0.1, 0.15) is 43.9 Å². The lowest BCUT2D eigenvalue weighted by Crippen LogP contribution is -2.54. The number of nitrogens with zero attached hydrogens (tertiary/aromatic N) is 4. The minimum atomic E-state index is -1.07. The van der Waals surface area contributed by atoms with Crippen LogP contribution in [-0.2, 0) is 47.5 Å². The maximum Gasteiger partial charge on any atom is 0.262 e. The summed E-state index contributed by atoms with van der Waals surface area (Å²) in [5.74, 6) is -2.91. The number of nitrogens with one attached hydrogen (secondary N) is 2. The molecule has 282 valence electrons. The molecule has 2 aliphatic rings. The molecule has 0 saturated carbocycles. The molecule has 51 heavy (non-hydrogen) atoms. The molecule has 2 aliphatic heterocycles. The lowest BCUT2D eigenvalue weighted by atomic mass is 10.0. The topological polar surface area (TPSA) is 235 Å². The Morgan fingerprint density at radius 3 is 1.69 bits per heavy atom. The van der Waals surface area contributed by atoms with E-state index in [9.17, 15) is 24.0 Å². The van der Waals surface area contributed by atoms with Crippen molar-refractivity contribution in [3.8, 4) is 0 Å². The van der Waals surface area contributed by atoms with Crippen LogP contribution < -0.4 is 10.6 Å². The van der Waals surface area contributed by atoms with Crippen LogP contribution in [0.3, 0.4) is 0 Å². The zero-order valence-electron chi connectivity index (χ0n) is 28.5. The van der Waals surface area contributed by atoms with Crippen molar-refractivity contribution >= 4 is 29.5 Å². The number of ether oxygens (including phenoxy) is 8. The number of hydrogen-bond donors (Lipinski definition) is 2. The average Bonchev–Trinajstić information content (AvgIpc) is 3.37. The van der Waals surface area contributed by atoms with E-state index in [0.717, 1.165) is 4.90 Å². The Morgan fingerprint density at radius 1 is 0.725 bits per heavy atom. The SMILES string of the molecule is [N-]=[N+]=NCCOCCOCCOCCOCCOCCOCCOCCOCCNC(=O)c1ccc2c(c1)C(=O)N(C1CCC(=O)NC1=O)C2=O. The maximum absolute atomic E-state index is 12.9. The highest BCUT2D eigenvalue weighted by molar-refractivity contribution is 6.24. The standard InChI is InChI=1S/C32H46N6O13/c33-37-35-6-8-45-10-12-47-14-16-49-18-20-51-22-21-50-19-17-48-15-13-46-11-9-44-7-5-34-29(40)24-1-2-25-26(23-24)32(43)38(31(25)42)27-3-4-28(39)36-30(27)41/h1-2,23,27H,3-22H2,(H,34,40)(H,36,39,41). The van der Waals surface area contributed by atoms with Crippen LogP contribution in [0.15, 0.2) is 23.3 Å². The van der Waals surface area contributed by atoms with Crippen molar-refractivity contribution in [2.24, 2.45) is 5.11 Å². The van der Waals surface area contributed by atoms with Gasteiger partial charge in [-0.25, -0.2) is 0 Å². The van der Waals surface area contributed by atoms with Crippen molar-refractivity contribution in [3.63, 3.8) is 0 Å². The second-order valence-corrected chi connectivity index (χ2v) is 10.8. The molecule has 0 aliphatic carbocycles. The molecule has 1 aromatic carbocycles. The van der Waals surface area contributed by atoms with E-state index in [1.807, 2.05) is 0 Å². The highest BCUT2D eigenvalue weighted by Gasteiger charge is 2.44. The van der Waals surface area contributed by atoms with Gasteiger partial charge in [0.2, 0.25) is 11.8 Å². The van der Waals surface area contributed by atoms with Crippen molar-refractivity contribution in [3.05, 3.63) is 45.3 Å². The van der Waals surface area contributed by atoms with Crippen molar-refractivity contribution in [2.45, 2.75) is 18.9 Å². The van der Waals surface area contributed by atoms with Gasteiger partial charge in [-0.05, 0) is 30.2 Å². The summed E-state index contributed by atoms with van der Waals surface area (Å²) in [5, 5.41) is 8.20. The predicted octanol–water partition coefficient (Wildman–Crippen LogP) is 0.261. The summed E-state index contributed by atoms with van der Waals surface area (Å²) in [6, 6.07) is 3.07. The number of rotatable bonds is 29. The lowest BCUT2D eigenvalue weighted by Gasteiger charge is -2.27. The average molecular weight is 723 g/mol. The third-order valence-electron chi connectivity index (χ3n) is 7.24. The van der Waals surface area contributed by atoms with Gasteiger partial charge in [0.15, 0.2) is 0 Å². The molecule has 2 N–H and O–H groups in total. The largest absolute Gasteiger partial charge is 0.379 e. The van der Waals surface area contributed by atoms with Gasteiger partial charge in [-0.1, -0.05) is 5.11 Å². The van der Waals surface area contributed by atoms with Crippen molar-refractivity contribution in [2.75, 3.05) is 119 Å². The zero-order chi connectivity index (χ0) is 36.5. The molecule has 1 aromatic rings. The molecule has 19 nitrogen and oxygen atoms in total. The van der Waals surface area contributed by atoms with E-state index in [4.69, 9.17) is 43.4 Å². The Morgan fingerprint density at radius 2 is 1.20 bits per heavy atom. The van der Waals surface area contributed by atoms with E-state index in [1.54, 1.807) is 0 Å². The van der Waals surface area contributed by atoms with Gasteiger partial charge in [0.05, 0.1) is 117 Å². The molecule has 0 spiro atoms. The first-order valence-electron chi connectivity index (χ1n) is 16.7. The van der Waals surface area contributed by atoms with E-state index in [-0.39, 0.29) is 42.7 Å². The molecular weight excluding hydrogens is 676 g/mol. The smallest absolute Gasteiger partial charge is 0.262 e. The van der Waals surface area contributed by atoms with Gasteiger partial charge in [0.25, 0.3) is 17.7 Å². The number of carbonyl (C=O) groups excluding carboxylic acids is 5. The highest BCUT2D eigenvalue weighted by Crippen LogP contribution is 2.28. The Hall–Kier alpha value is -4.04. The molecule has 0 aromatic heterocycles. The van der Waals surface area contributed by atoms with Crippen LogP contribution in [0, 0.1) is 0 Å². The Balaban J connectivity index is 1.07. The monoisotopic (exact) mass is 722 g/mol. The summed E-state index contributed by atoms with van der Waals surface area (Å²) in [6.07, 6.45) is 0.0745. The molecule has 19 heteroatoms. The second kappa shape index (κ2) is 25.0. The fourth-order valence-corrected chi connectivity index (χ4v) is 4.74. The molecule has 3 rings (SSSR count). The number of amides is 5. The molecule has 1 saturated heterocycles. The molecule has 0 radical (unpaired) electrons. The van der Waals surface area contributed by atoms with Gasteiger partial charge in [0, 0.05) is 30.0 Å². The van der Waals surface area contributed by atoms with Gasteiger partial charge in [-0.3, -0.25) is 34.2 Å². The summed E-state index contributed by atoms with van der Waals surface area (Å²) in [6.45, 7) is 7.05. The molecular formula is C32H46N6O13.